The Kier molecular flexibility index (Phi) is 9.82. The van der Waals surface area contributed by atoms with Crippen molar-refractivity contribution in [3.8, 4) is 0 Å². The van der Waals surface area contributed by atoms with Crippen molar-refractivity contribution in [2.45, 2.75) is 97.5 Å². The van der Waals surface area contributed by atoms with Crippen molar-refractivity contribution in [2.75, 3.05) is 0 Å². The molecule has 0 aromatic heterocycles. The van der Waals surface area contributed by atoms with Crippen molar-refractivity contribution in [3.05, 3.63) is 0 Å². The Bertz CT molecular complexity index is 318. The van der Waals surface area contributed by atoms with Gasteiger partial charge in [-0.2, -0.15) is 0 Å². The lowest BCUT2D eigenvalue weighted by molar-refractivity contribution is -0.139. The summed E-state index contributed by atoms with van der Waals surface area (Å²) in [6.07, 6.45) is 2.20. The maximum absolute atomic E-state index is 12.5. The third kappa shape index (κ3) is 7.93. The molecule has 0 aromatic carbocycles. The summed E-state index contributed by atoms with van der Waals surface area (Å²) in [5.41, 5.74) is 0.347. The molecule has 0 aliphatic carbocycles. The summed E-state index contributed by atoms with van der Waals surface area (Å²) in [6.45, 7) is 16.9. The van der Waals surface area contributed by atoms with E-state index >= 15 is 0 Å². The standard InChI is InChI=1S/C17H36O3Si2/c1-9-11-22(12-10-2,14(3)4)19-16(18)15(5)13-21-20-17(6,7)8/h14-15H,9-13H2,1-8H3. The smallest absolute Gasteiger partial charge is 0.295 e. The molecule has 0 fully saturated rings. The van der Waals surface area contributed by atoms with Crippen LogP contribution in [0.25, 0.3) is 0 Å². The molecule has 0 aromatic rings. The van der Waals surface area contributed by atoms with Gasteiger partial charge >= 0.3 is 0 Å². The Morgan fingerprint density at radius 2 is 1.59 bits per heavy atom. The van der Waals surface area contributed by atoms with Crippen LogP contribution in [0, 0.1) is 5.92 Å². The van der Waals surface area contributed by atoms with Crippen LogP contribution in [-0.2, 0) is 13.6 Å². The van der Waals surface area contributed by atoms with Gasteiger partial charge in [-0.1, -0.05) is 47.5 Å². The SMILES string of the molecule is CCC[Si](CCC)(OC(=O)C(C)C[Si]OC(C)(C)C)C(C)C. The highest BCUT2D eigenvalue weighted by atomic mass is 28.4. The van der Waals surface area contributed by atoms with E-state index in [9.17, 15) is 4.79 Å². The third-order valence-corrected chi connectivity index (χ3v) is 10.8. The van der Waals surface area contributed by atoms with Crippen molar-refractivity contribution in [2.24, 2.45) is 5.92 Å². The summed E-state index contributed by atoms with van der Waals surface area (Å²) >= 11 is 0. The van der Waals surface area contributed by atoms with Crippen LogP contribution in [0.15, 0.2) is 0 Å². The van der Waals surface area contributed by atoms with E-state index in [0.29, 0.717) is 15.3 Å². The number of carbonyl (C=O) groups is 1. The van der Waals surface area contributed by atoms with Crippen LogP contribution in [0.1, 0.15) is 68.2 Å². The van der Waals surface area contributed by atoms with Crippen LogP contribution < -0.4 is 0 Å². The minimum absolute atomic E-state index is 0.00715. The first kappa shape index (κ1) is 21.9. The monoisotopic (exact) mass is 344 g/mol. The van der Waals surface area contributed by atoms with Crippen LogP contribution in [0.2, 0.25) is 23.7 Å². The van der Waals surface area contributed by atoms with Gasteiger partial charge in [-0.25, -0.2) is 0 Å². The molecule has 2 radical (unpaired) electrons. The predicted molar refractivity (Wildman–Crippen MR) is 97.7 cm³/mol. The fraction of sp³-hybridized carbons (Fsp3) is 0.941. The Morgan fingerprint density at radius 3 is 1.95 bits per heavy atom. The average molecular weight is 345 g/mol. The van der Waals surface area contributed by atoms with Crippen molar-refractivity contribution in [1.29, 1.82) is 0 Å². The first-order chi connectivity index (χ1) is 10.1. The molecule has 0 saturated heterocycles. The molecule has 0 amide bonds. The second-order valence-electron chi connectivity index (χ2n) is 7.60. The first-order valence-corrected chi connectivity index (χ1v) is 12.2. The van der Waals surface area contributed by atoms with Crippen LogP contribution in [0.3, 0.4) is 0 Å². The van der Waals surface area contributed by atoms with E-state index in [-0.39, 0.29) is 17.5 Å². The largest absolute Gasteiger partial charge is 0.519 e. The van der Waals surface area contributed by atoms with Crippen molar-refractivity contribution in [3.63, 3.8) is 0 Å². The molecule has 0 N–H and O–H groups in total. The van der Waals surface area contributed by atoms with Crippen LogP contribution in [-0.4, -0.2) is 29.7 Å². The molecule has 0 rings (SSSR count). The van der Waals surface area contributed by atoms with E-state index in [1.54, 1.807) is 0 Å². The second-order valence-corrected chi connectivity index (χ2v) is 13.0. The molecular formula is C17H36O3Si2. The van der Waals surface area contributed by atoms with Crippen LogP contribution in [0.5, 0.6) is 0 Å². The molecule has 0 saturated carbocycles. The molecule has 0 spiro atoms. The summed E-state index contributed by atoms with van der Waals surface area (Å²) < 4.78 is 11.9. The van der Waals surface area contributed by atoms with Crippen LogP contribution in [0.4, 0.5) is 0 Å². The minimum Gasteiger partial charge on any atom is -0.519 e. The van der Waals surface area contributed by atoms with E-state index in [0.717, 1.165) is 31.0 Å². The summed E-state index contributed by atoms with van der Waals surface area (Å²) in [4.78, 5) is 12.5. The summed E-state index contributed by atoms with van der Waals surface area (Å²) in [7, 11) is -1.61. The van der Waals surface area contributed by atoms with E-state index in [1.807, 2.05) is 27.7 Å². The number of rotatable bonds is 10. The quantitative estimate of drug-likeness (QED) is 0.511. The zero-order valence-electron chi connectivity index (χ0n) is 15.9. The van der Waals surface area contributed by atoms with Crippen molar-refractivity contribution in [1.82, 2.24) is 0 Å². The van der Waals surface area contributed by atoms with Gasteiger partial charge in [0.05, 0.1) is 5.92 Å². The fourth-order valence-corrected chi connectivity index (χ4v) is 7.61. The maximum atomic E-state index is 12.5. The molecule has 5 heteroatoms. The topological polar surface area (TPSA) is 35.5 Å². The molecule has 22 heavy (non-hydrogen) atoms. The molecule has 1 unspecified atom stereocenters. The van der Waals surface area contributed by atoms with Gasteiger partial charge in [0.1, 0.15) is 0 Å². The number of carbonyl (C=O) groups excluding carboxylic acids is 1. The van der Waals surface area contributed by atoms with Gasteiger partial charge in [0.15, 0.2) is 0 Å². The molecule has 0 aliphatic rings. The molecule has 3 nitrogen and oxygen atoms in total. The fourth-order valence-electron chi connectivity index (χ4n) is 2.54. The summed E-state index contributed by atoms with van der Waals surface area (Å²) in [6, 6.07) is 2.92. The lowest BCUT2D eigenvalue weighted by Crippen LogP contribution is -2.44. The maximum Gasteiger partial charge on any atom is 0.295 e. The van der Waals surface area contributed by atoms with Gasteiger partial charge in [0, 0.05) is 5.60 Å². The van der Waals surface area contributed by atoms with E-state index in [1.165, 1.54) is 0 Å². The van der Waals surface area contributed by atoms with Gasteiger partial charge in [-0.05, 0) is 44.4 Å². The van der Waals surface area contributed by atoms with E-state index in [4.69, 9.17) is 8.85 Å². The Labute approximate surface area is 141 Å². The minimum atomic E-state index is -1.96. The Morgan fingerprint density at radius 1 is 1.09 bits per heavy atom. The van der Waals surface area contributed by atoms with Gasteiger partial charge < -0.3 is 8.85 Å². The van der Waals surface area contributed by atoms with Crippen LogP contribution >= 0.6 is 0 Å². The normalized spacial score (nSPS) is 14.2. The lowest BCUT2D eigenvalue weighted by Gasteiger charge is -2.35. The predicted octanol–water partition coefficient (Wildman–Crippen LogP) is 5.19. The van der Waals surface area contributed by atoms with Gasteiger partial charge in [-0.15, -0.1) is 0 Å². The number of hydrogen-bond acceptors (Lipinski definition) is 3. The average Bonchev–Trinajstić information content (AvgIpc) is 2.37. The zero-order chi connectivity index (χ0) is 17.4. The highest BCUT2D eigenvalue weighted by Crippen LogP contribution is 2.34. The molecular weight excluding hydrogens is 308 g/mol. The lowest BCUT2D eigenvalue weighted by atomic mass is 10.2. The van der Waals surface area contributed by atoms with E-state index < -0.39 is 8.32 Å². The van der Waals surface area contributed by atoms with Gasteiger partial charge in [0.25, 0.3) is 14.3 Å². The Balaban J connectivity index is 4.66. The van der Waals surface area contributed by atoms with Gasteiger partial charge in [0.2, 0.25) is 9.76 Å². The van der Waals surface area contributed by atoms with Gasteiger partial charge in [-0.3, -0.25) is 4.79 Å². The summed E-state index contributed by atoms with van der Waals surface area (Å²) in [5, 5.41) is 0. The second kappa shape index (κ2) is 9.88. The number of hydrogen-bond donors (Lipinski definition) is 0. The van der Waals surface area contributed by atoms with E-state index in [2.05, 4.69) is 27.7 Å². The third-order valence-electron chi connectivity index (χ3n) is 3.87. The highest BCUT2D eigenvalue weighted by molar-refractivity contribution is 6.76. The summed E-state index contributed by atoms with van der Waals surface area (Å²) in [5.74, 6) is -0.0766. The highest BCUT2D eigenvalue weighted by Gasteiger charge is 2.41. The molecule has 1 atom stereocenters. The molecule has 0 aliphatic heterocycles. The van der Waals surface area contributed by atoms with Crippen molar-refractivity contribution < 1.29 is 13.6 Å². The molecule has 0 heterocycles. The first-order valence-electron chi connectivity index (χ1n) is 8.71. The van der Waals surface area contributed by atoms with Crippen molar-refractivity contribution >= 4 is 24.0 Å². The Hall–Kier alpha value is -0.136. The molecule has 130 valence electrons. The molecule has 0 bridgehead atoms. The zero-order valence-corrected chi connectivity index (χ0v) is 17.9.